The van der Waals surface area contributed by atoms with Crippen LogP contribution >= 0.6 is 0 Å². The maximum absolute atomic E-state index is 11.8. The van der Waals surface area contributed by atoms with Gasteiger partial charge in [0.25, 0.3) is 11.5 Å². The van der Waals surface area contributed by atoms with E-state index in [0.29, 0.717) is 10.9 Å². The zero-order valence-corrected chi connectivity index (χ0v) is 10.4. The number of aliphatic carboxylic acids is 1. The van der Waals surface area contributed by atoms with E-state index in [4.69, 9.17) is 15.6 Å². The highest BCUT2D eigenvalue weighted by atomic mass is 16.4. The Balaban J connectivity index is 0.000000399. The number of nitrogens with two attached hydrogens (primary N) is 1. The van der Waals surface area contributed by atoms with Crippen molar-refractivity contribution in [1.29, 1.82) is 0 Å². The summed E-state index contributed by atoms with van der Waals surface area (Å²) in [7, 11) is 0. The average Bonchev–Trinajstić information content (AvgIpc) is 2.34. The van der Waals surface area contributed by atoms with Crippen LogP contribution in [0.15, 0.2) is 33.9 Å². The predicted octanol–water partition coefficient (Wildman–Crippen LogP) is -0.261. The van der Waals surface area contributed by atoms with E-state index in [1.165, 1.54) is 0 Å². The van der Waals surface area contributed by atoms with Crippen LogP contribution in [0.1, 0.15) is 6.92 Å². The molecule has 7 heteroatoms. The zero-order chi connectivity index (χ0) is 14.4. The highest BCUT2D eigenvalue weighted by molar-refractivity contribution is 5.76. The Morgan fingerprint density at radius 2 is 1.95 bits per heavy atom. The van der Waals surface area contributed by atoms with Crippen LogP contribution in [-0.4, -0.2) is 27.2 Å². The van der Waals surface area contributed by atoms with Gasteiger partial charge in [0.05, 0.1) is 10.9 Å². The van der Waals surface area contributed by atoms with Crippen molar-refractivity contribution in [3.8, 4) is 0 Å². The first-order chi connectivity index (χ1) is 8.97. The molecule has 1 heterocycles. The first-order valence-corrected chi connectivity index (χ1v) is 5.59. The minimum Gasteiger partial charge on any atom is -0.481 e. The van der Waals surface area contributed by atoms with Crippen molar-refractivity contribution in [2.75, 3.05) is 6.54 Å². The maximum Gasteiger partial charge on any atom is 0.328 e. The van der Waals surface area contributed by atoms with Crippen molar-refractivity contribution in [2.24, 2.45) is 5.73 Å². The fourth-order valence-electron chi connectivity index (χ4n) is 1.53. The van der Waals surface area contributed by atoms with Gasteiger partial charge in [-0.2, -0.15) is 0 Å². The van der Waals surface area contributed by atoms with Gasteiger partial charge >= 0.3 is 5.69 Å². The number of aromatic amines is 1. The smallest absolute Gasteiger partial charge is 0.328 e. The molecule has 19 heavy (non-hydrogen) atoms. The lowest BCUT2D eigenvalue weighted by atomic mass is 10.2. The SMILES string of the molecule is CC(=O)O.NCCn1c(=O)[nH]c2ccccc2c1=O. The lowest BCUT2D eigenvalue weighted by Crippen LogP contribution is -2.36. The second-order valence-corrected chi connectivity index (χ2v) is 3.74. The summed E-state index contributed by atoms with van der Waals surface area (Å²) in [5.41, 5.74) is 5.18. The Hall–Kier alpha value is -2.41. The van der Waals surface area contributed by atoms with Crippen molar-refractivity contribution in [2.45, 2.75) is 13.5 Å². The van der Waals surface area contributed by atoms with E-state index < -0.39 is 11.7 Å². The number of fused-ring (bicyclic) bond motifs is 1. The number of rotatable bonds is 2. The summed E-state index contributed by atoms with van der Waals surface area (Å²) in [6.45, 7) is 1.58. The second kappa shape index (κ2) is 6.50. The Morgan fingerprint density at radius 3 is 2.53 bits per heavy atom. The highest BCUT2D eigenvalue weighted by Crippen LogP contribution is 2.02. The van der Waals surface area contributed by atoms with Crippen LogP contribution in [0, 0.1) is 0 Å². The molecule has 4 N–H and O–H groups in total. The number of H-pyrrole nitrogens is 1. The minimum atomic E-state index is -0.833. The van der Waals surface area contributed by atoms with Gasteiger partial charge in [0.2, 0.25) is 0 Å². The van der Waals surface area contributed by atoms with Crippen molar-refractivity contribution < 1.29 is 9.90 Å². The minimum absolute atomic E-state index is 0.235. The fourth-order valence-corrected chi connectivity index (χ4v) is 1.53. The van der Waals surface area contributed by atoms with Gasteiger partial charge in [-0.3, -0.25) is 14.2 Å². The monoisotopic (exact) mass is 265 g/mol. The number of hydrogen-bond acceptors (Lipinski definition) is 4. The third kappa shape index (κ3) is 3.78. The summed E-state index contributed by atoms with van der Waals surface area (Å²) in [4.78, 5) is 35.0. The number of hydrogen-bond donors (Lipinski definition) is 3. The average molecular weight is 265 g/mol. The molecular weight excluding hydrogens is 250 g/mol. The van der Waals surface area contributed by atoms with Crippen LogP contribution < -0.4 is 17.0 Å². The zero-order valence-electron chi connectivity index (χ0n) is 10.4. The largest absolute Gasteiger partial charge is 0.481 e. The number of carbonyl (C=O) groups is 1. The van der Waals surface area contributed by atoms with E-state index in [1.807, 2.05) is 0 Å². The van der Waals surface area contributed by atoms with Crippen molar-refractivity contribution >= 4 is 16.9 Å². The summed E-state index contributed by atoms with van der Waals surface area (Å²) in [5, 5.41) is 7.92. The molecule has 0 radical (unpaired) electrons. The molecule has 0 aliphatic carbocycles. The van der Waals surface area contributed by atoms with Crippen molar-refractivity contribution in [1.82, 2.24) is 9.55 Å². The van der Waals surface area contributed by atoms with Crippen LogP contribution in [0.25, 0.3) is 10.9 Å². The molecule has 2 rings (SSSR count). The number of para-hydroxylation sites is 1. The first kappa shape index (κ1) is 14.7. The van der Waals surface area contributed by atoms with Crippen LogP contribution in [0.2, 0.25) is 0 Å². The number of nitrogens with zero attached hydrogens (tertiary/aromatic N) is 1. The molecule has 0 aliphatic rings. The van der Waals surface area contributed by atoms with E-state index in [0.717, 1.165) is 11.5 Å². The summed E-state index contributed by atoms with van der Waals surface area (Å²) in [5.74, 6) is -0.833. The van der Waals surface area contributed by atoms with Gasteiger partial charge in [-0.1, -0.05) is 12.1 Å². The maximum atomic E-state index is 11.8. The molecule has 2 aromatic rings. The fraction of sp³-hybridized carbons (Fsp3) is 0.250. The van der Waals surface area contributed by atoms with E-state index in [9.17, 15) is 9.59 Å². The Labute approximate surface area is 108 Å². The van der Waals surface area contributed by atoms with Gasteiger partial charge in [-0.05, 0) is 12.1 Å². The summed E-state index contributed by atoms with van der Waals surface area (Å²) >= 11 is 0. The van der Waals surface area contributed by atoms with E-state index in [-0.39, 0.29) is 18.6 Å². The predicted molar refractivity (Wildman–Crippen MR) is 71.2 cm³/mol. The summed E-state index contributed by atoms with van der Waals surface area (Å²) in [6, 6.07) is 6.91. The molecule has 0 bridgehead atoms. The third-order valence-corrected chi connectivity index (χ3v) is 2.24. The van der Waals surface area contributed by atoms with E-state index in [1.54, 1.807) is 24.3 Å². The topological polar surface area (TPSA) is 118 Å². The normalized spacial score (nSPS) is 9.79. The molecular formula is C12H15N3O4. The third-order valence-electron chi connectivity index (χ3n) is 2.24. The molecule has 1 aromatic carbocycles. The van der Waals surface area contributed by atoms with Gasteiger partial charge in [0.1, 0.15) is 0 Å². The quantitative estimate of drug-likeness (QED) is 0.691. The highest BCUT2D eigenvalue weighted by Gasteiger charge is 2.05. The molecule has 0 spiro atoms. The van der Waals surface area contributed by atoms with Gasteiger partial charge in [0, 0.05) is 20.0 Å². The molecule has 102 valence electrons. The van der Waals surface area contributed by atoms with Gasteiger partial charge in [0.15, 0.2) is 0 Å². The lowest BCUT2D eigenvalue weighted by molar-refractivity contribution is -0.134. The Bertz CT molecular complexity index is 683. The number of carboxylic acids is 1. The Kier molecular flexibility index (Phi) is 5.01. The first-order valence-electron chi connectivity index (χ1n) is 5.59. The molecule has 1 aromatic heterocycles. The van der Waals surface area contributed by atoms with Crippen LogP contribution in [0.5, 0.6) is 0 Å². The number of aromatic nitrogens is 2. The lowest BCUT2D eigenvalue weighted by Gasteiger charge is -2.03. The molecule has 0 fully saturated rings. The molecule has 0 atom stereocenters. The summed E-state index contributed by atoms with van der Waals surface area (Å²) in [6.07, 6.45) is 0. The van der Waals surface area contributed by atoms with Gasteiger partial charge in [-0.15, -0.1) is 0 Å². The molecule has 0 aliphatic heterocycles. The molecule has 0 saturated carbocycles. The Morgan fingerprint density at radius 1 is 1.37 bits per heavy atom. The van der Waals surface area contributed by atoms with Crippen LogP contribution in [0.4, 0.5) is 0 Å². The molecule has 0 saturated heterocycles. The van der Waals surface area contributed by atoms with E-state index in [2.05, 4.69) is 4.98 Å². The molecule has 0 unspecified atom stereocenters. The standard InChI is InChI=1S/C10H11N3O2.C2H4O2/c11-5-6-13-9(14)7-3-1-2-4-8(7)12-10(13)15;1-2(3)4/h1-4H,5-6,11H2,(H,12,15);1H3,(H,3,4). The number of benzene rings is 1. The summed E-state index contributed by atoms with van der Waals surface area (Å²) < 4.78 is 1.11. The van der Waals surface area contributed by atoms with Crippen molar-refractivity contribution in [3.05, 3.63) is 45.1 Å². The number of carboxylic acid groups (broad SMARTS) is 1. The van der Waals surface area contributed by atoms with Crippen LogP contribution in [0.3, 0.4) is 0 Å². The second-order valence-electron chi connectivity index (χ2n) is 3.74. The van der Waals surface area contributed by atoms with Crippen molar-refractivity contribution in [3.63, 3.8) is 0 Å². The van der Waals surface area contributed by atoms with E-state index >= 15 is 0 Å². The molecule has 7 nitrogen and oxygen atoms in total. The van der Waals surface area contributed by atoms with Gasteiger partial charge in [-0.25, -0.2) is 4.79 Å². The van der Waals surface area contributed by atoms with Crippen LogP contribution in [-0.2, 0) is 11.3 Å². The van der Waals surface area contributed by atoms with Gasteiger partial charge < -0.3 is 15.8 Å². The molecule has 0 amide bonds. The number of nitrogens with one attached hydrogen (secondary N) is 1.